The summed E-state index contributed by atoms with van der Waals surface area (Å²) in [6, 6.07) is 0. The van der Waals surface area contributed by atoms with E-state index >= 15 is 0 Å². The molecule has 1 nitrogen and oxygen atoms in total. The minimum atomic E-state index is 0.455. The van der Waals surface area contributed by atoms with Gasteiger partial charge in [0.05, 0.1) is 0 Å². The zero-order chi connectivity index (χ0) is 12.6. The Morgan fingerprint density at radius 1 is 1.00 bits per heavy atom. The van der Waals surface area contributed by atoms with Crippen LogP contribution in [-0.4, -0.2) is 13.7 Å². The minimum Gasteiger partial charge on any atom is -0.385 e. The maximum absolute atomic E-state index is 5.21. The number of hydrogen-bond acceptors (Lipinski definition) is 1. The van der Waals surface area contributed by atoms with Crippen LogP contribution in [-0.2, 0) is 4.74 Å². The molecular weight excluding hydrogens is 196 g/mol. The average molecular weight is 228 g/mol. The molecule has 0 aliphatic heterocycles. The molecule has 0 spiro atoms. The average Bonchev–Trinajstić information content (AvgIpc) is 2.11. The van der Waals surface area contributed by atoms with E-state index in [-0.39, 0.29) is 0 Å². The summed E-state index contributed by atoms with van der Waals surface area (Å²) in [5.74, 6) is 1.69. The smallest absolute Gasteiger partial charge is 0.0464 e. The van der Waals surface area contributed by atoms with Crippen LogP contribution in [0.1, 0.15) is 66.7 Å². The molecule has 0 aliphatic carbocycles. The highest BCUT2D eigenvalue weighted by Gasteiger charge is 2.18. The molecule has 1 heteroatoms. The Bertz CT molecular complexity index is 155. The molecule has 0 amide bonds. The monoisotopic (exact) mass is 228 g/mol. The fourth-order valence-corrected chi connectivity index (χ4v) is 2.31. The first-order valence-electron chi connectivity index (χ1n) is 6.84. The summed E-state index contributed by atoms with van der Waals surface area (Å²) in [5, 5.41) is 0. The number of hydrogen-bond donors (Lipinski definition) is 0. The molecule has 0 saturated carbocycles. The van der Waals surface area contributed by atoms with Crippen LogP contribution in [0.5, 0.6) is 0 Å². The maximum atomic E-state index is 5.21. The van der Waals surface area contributed by atoms with Gasteiger partial charge in [0, 0.05) is 13.7 Å². The van der Waals surface area contributed by atoms with Gasteiger partial charge < -0.3 is 4.74 Å². The minimum absolute atomic E-state index is 0.455. The quantitative estimate of drug-likeness (QED) is 0.574. The molecule has 0 radical (unpaired) electrons. The first kappa shape index (κ1) is 16.0. The Morgan fingerprint density at radius 3 is 2.06 bits per heavy atom. The van der Waals surface area contributed by atoms with Crippen LogP contribution in [0.25, 0.3) is 0 Å². The van der Waals surface area contributed by atoms with Crippen molar-refractivity contribution in [3.8, 4) is 0 Å². The lowest BCUT2D eigenvalue weighted by Gasteiger charge is -2.26. The largest absolute Gasteiger partial charge is 0.385 e. The highest BCUT2D eigenvalue weighted by Crippen LogP contribution is 2.30. The van der Waals surface area contributed by atoms with Crippen molar-refractivity contribution in [1.82, 2.24) is 0 Å². The summed E-state index contributed by atoms with van der Waals surface area (Å²) in [5.41, 5.74) is 0.455. The highest BCUT2D eigenvalue weighted by molar-refractivity contribution is 4.70. The predicted molar refractivity (Wildman–Crippen MR) is 72.7 cm³/mol. The third-order valence-corrected chi connectivity index (χ3v) is 3.03. The third kappa shape index (κ3) is 10.5. The van der Waals surface area contributed by atoms with E-state index in [1.165, 1.54) is 32.1 Å². The summed E-state index contributed by atoms with van der Waals surface area (Å²) in [4.78, 5) is 0. The Kier molecular flexibility index (Phi) is 8.09. The van der Waals surface area contributed by atoms with E-state index in [1.54, 1.807) is 0 Å². The molecule has 0 N–H and O–H groups in total. The van der Waals surface area contributed by atoms with Gasteiger partial charge in [-0.05, 0) is 30.1 Å². The normalized spacial score (nSPS) is 14.4. The lowest BCUT2D eigenvalue weighted by Crippen LogP contribution is -2.15. The predicted octanol–water partition coefficient (Wildman–Crippen LogP) is 4.90. The van der Waals surface area contributed by atoms with E-state index in [0.717, 1.165) is 18.4 Å². The highest BCUT2D eigenvalue weighted by atomic mass is 16.5. The van der Waals surface area contributed by atoms with Crippen LogP contribution in [0, 0.1) is 17.3 Å². The standard InChI is InChI=1S/C15H32O/c1-13(2)8-7-9-14(10-11-16-6)12-15(3,4)5/h13-14H,7-12H2,1-6H3/t14-/m0/s1. The molecule has 0 aromatic carbocycles. The second-order valence-electron chi connectivity index (χ2n) is 6.74. The van der Waals surface area contributed by atoms with Crippen molar-refractivity contribution >= 4 is 0 Å². The van der Waals surface area contributed by atoms with Crippen molar-refractivity contribution in [2.45, 2.75) is 66.7 Å². The lowest BCUT2D eigenvalue weighted by molar-refractivity contribution is 0.157. The van der Waals surface area contributed by atoms with Gasteiger partial charge in [-0.15, -0.1) is 0 Å². The summed E-state index contributed by atoms with van der Waals surface area (Å²) < 4.78 is 5.21. The fourth-order valence-electron chi connectivity index (χ4n) is 2.31. The topological polar surface area (TPSA) is 9.23 Å². The van der Waals surface area contributed by atoms with Crippen LogP contribution < -0.4 is 0 Å². The van der Waals surface area contributed by atoms with Gasteiger partial charge in [-0.2, -0.15) is 0 Å². The van der Waals surface area contributed by atoms with E-state index in [4.69, 9.17) is 4.74 Å². The van der Waals surface area contributed by atoms with E-state index in [0.29, 0.717) is 5.41 Å². The van der Waals surface area contributed by atoms with Crippen LogP contribution in [0.3, 0.4) is 0 Å². The van der Waals surface area contributed by atoms with Crippen molar-refractivity contribution in [3.63, 3.8) is 0 Å². The SMILES string of the molecule is COCC[C@H](CCCC(C)C)CC(C)(C)C. The summed E-state index contributed by atoms with van der Waals surface area (Å²) in [6.07, 6.45) is 6.68. The van der Waals surface area contributed by atoms with Crippen molar-refractivity contribution < 1.29 is 4.74 Å². The van der Waals surface area contributed by atoms with Gasteiger partial charge in [0.2, 0.25) is 0 Å². The van der Waals surface area contributed by atoms with Crippen LogP contribution in [0.2, 0.25) is 0 Å². The third-order valence-electron chi connectivity index (χ3n) is 3.03. The second-order valence-corrected chi connectivity index (χ2v) is 6.74. The van der Waals surface area contributed by atoms with Crippen LogP contribution >= 0.6 is 0 Å². The summed E-state index contributed by atoms with van der Waals surface area (Å²) in [7, 11) is 1.81. The number of methoxy groups -OCH3 is 1. The first-order chi connectivity index (χ1) is 7.35. The number of rotatable bonds is 8. The molecule has 0 heterocycles. The summed E-state index contributed by atoms with van der Waals surface area (Å²) >= 11 is 0. The molecular formula is C15H32O. The van der Waals surface area contributed by atoms with Crippen molar-refractivity contribution in [2.24, 2.45) is 17.3 Å². The lowest BCUT2D eigenvalue weighted by atomic mass is 9.81. The van der Waals surface area contributed by atoms with E-state index in [1.807, 2.05) is 7.11 Å². The zero-order valence-corrected chi connectivity index (χ0v) is 12.3. The number of ether oxygens (including phenoxy) is 1. The van der Waals surface area contributed by atoms with Gasteiger partial charge in [0.25, 0.3) is 0 Å². The molecule has 16 heavy (non-hydrogen) atoms. The molecule has 0 bridgehead atoms. The molecule has 0 rings (SSSR count). The Labute approximate surface area is 103 Å². The molecule has 0 saturated heterocycles. The molecule has 0 fully saturated rings. The van der Waals surface area contributed by atoms with E-state index in [9.17, 15) is 0 Å². The molecule has 1 atom stereocenters. The van der Waals surface area contributed by atoms with Gasteiger partial charge in [-0.1, -0.05) is 53.9 Å². The molecule has 0 aromatic heterocycles. The van der Waals surface area contributed by atoms with Gasteiger partial charge in [-0.3, -0.25) is 0 Å². The van der Waals surface area contributed by atoms with Gasteiger partial charge >= 0.3 is 0 Å². The van der Waals surface area contributed by atoms with Crippen molar-refractivity contribution in [2.75, 3.05) is 13.7 Å². The Balaban J connectivity index is 3.90. The maximum Gasteiger partial charge on any atom is 0.0464 e. The first-order valence-corrected chi connectivity index (χ1v) is 6.84. The Hall–Kier alpha value is -0.0400. The fraction of sp³-hybridized carbons (Fsp3) is 1.00. The molecule has 0 aromatic rings. The molecule has 0 unspecified atom stereocenters. The van der Waals surface area contributed by atoms with Crippen LogP contribution in [0.15, 0.2) is 0 Å². The molecule has 98 valence electrons. The van der Waals surface area contributed by atoms with Gasteiger partial charge in [-0.25, -0.2) is 0 Å². The molecule has 0 aliphatic rings. The zero-order valence-electron chi connectivity index (χ0n) is 12.3. The van der Waals surface area contributed by atoms with Gasteiger partial charge in [0.1, 0.15) is 0 Å². The van der Waals surface area contributed by atoms with Crippen molar-refractivity contribution in [3.05, 3.63) is 0 Å². The van der Waals surface area contributed by atoms with E-state index in [2.05, 4.69) is 34.6 Å². The Morgan fingerprint density at radius 2 is 1.62 bits per heavy atom. The van der Waals surface area contributed by atoms with Crippen molar-refractivity contribution in [1.29, 1.82) is 0 Å². The van der Waals surface area contributed by atoms with Gasteiger partial charge in [0.15, 0.2) is 0 Å². The summed E-state index contributed by atoms with van der Waals surface area (Å²) in [6.45, 7) is 12.6. The van der Waals surface area contributed by atoms with E-state index < -0.39 is 0 Å². The second kappa shape index (κ2) is 8.11. The van der Waals surface area contributed by atoms with Crippen LogP contribution in [0.4, 0.5) is 0 Å².